The van der Waals surface area contributed by atoms with Gasteiger partial charge in [-0.2, -0.15) is 0 Å². The molecule has 2 heterocycles. The maximum absolute atomic E-state index is 4.41. The highest BCUT2D eigenvalue weighted by molar-refractivity contribution is 7.98. The zero-order chi connectivity index (χ0) is 11.4. The predicted molar refractivity (Wildman–Crippen MR) is 62.1 cm³/mol. The van der Waals surface area contributed by atoms with Gasteiger partial charge < -0.3 is 5.32 Å². The normalized spacial score (nSPS) is 10.4. The number of thioether (sulfide) groups is 1. The van der Waals surface area contributed by atoms with Gasteiger partial charge in [0.05, 0.1) is 5.69 Å². The number of nitrogens with zero attached hydrogens (tertiary/aromatic N) is 5. The van der Waals surface area contributed by atoms with E-state index in [-0.39, 0.29) is 0 Å². The van der Waals surface area contributed by atoms with Crippen molar-refractivity contribution in [2.45, 2.75) is 10.9 Å². The Balaban J connectivity index is 2.02. The zero-order valence-electron chi connectivity index (χ0n) is 9.08. The lowest BCUT2D eigenvalue weighted by atomic mass is 10.4. The minimum absolute atomic E-state index is 0.754. The van der Waals surface area contributed by atoms with Gasteiger partial charge in [0.15, 0.2) is 0 Å². The summed E-state index contributed by atoms with van der Waals surface area (Å²) in [5.41, 5.74) is 1.000. The van der Waals surface area contributed by atoms with Crippen LogP contribution in [0.15, 0.2) is 23.4 Å². The van der Waals surface area contributed by atoms with Crippen molar-refractivity contribution < 1.29 is 0 Å². The number of nitrogens with one attached hydrogen (secondary N) is 1. The van der Waals surface area contributed by atoms with E-state index in [2.05, 4.69) is 25.8 Å². The number of pyridine rings is 1. The van der Waals surface area contributed by atoms with Crippen LogP contribution >= 0.6 is 11.8 Å². The van der Waals surface area contributed by atoms with E-state index in [0.29, 0.717) is 0 Å². The Morgan fingerprint density at radius 3 is 3.00 bits per heavy atom. The first-order chi connectivity index (χ1) is 7.79. The van der Waals surface area contributed by atoms with Crippen LogP contribution < -0.4 is 5.32 Å². The fraction of sp³-hybridized carbons (Fsp3) is 0.333. The second kappa shape index (κ2) is 4.93. The summed E-state index contributed by atoms with van der Waals surface area (Å²) in [7, 11) is 3.67. The Labute approximate surface area is 97.5 Å². The van der Waals surface area contributed by atoms with Crippen LogP contribution in [0, 0.1) is 0 Å². The Morgan fingerprint density at radius 1 is 1.44 bits per heavy atom. The first kappa shape index (κ1) is 10.9. The van der Waals surface area contributed by atoms with Crippen LogP contribution in [0.1, 0.15) is 5.69 Å². The number of hydrogen-bond donors (Lipinski definition) is 1. The van der Waals surface area contributed by atoms with E-state index in [1.807, 2.05) is 32.3 Å². The highest BCUT2D eigenvalue weighted by atomic mass is 32.2. The standard InChI is InChI=1S/C9H12N6S/c1-10-8-5-3-4-7(11-8)6-16-9-12-13-14-15(9)2/h3-5H,6H2,1-2H3,(H,10,11). The van der Waals surface area contributed by atoms with Gasteiger partial charge in [-0.05, 0) is 22.6 Å². The van der Waals surface area contributed by atoms with E-state index in [1.165, 1.54) is 0 Å². The van der Waals surface area contributed by atoms with Crippen molar-refractivity contribution >= 4 is 17.6 Å². The third-order valence-corrected chi connectivity index (χ3v) is 3.04. The summed E-state index contributed by atoms with van der Waals surface area (Å²) in [6, 6.07) is 5.89. The predicted octanol–water partition coefficient (Wildman–Crippen LogP) is 0.939. The van der Waals surface area contributed by atoms with Gasteiger partial charge in [0.2, 0.25) is 5.16 Å². The van der Waals surface area contributed by atoms with E-state index in [1.54, 1.807) is 16.4 Å². The molecule has 0 bridgehead atoms. The van der Waals surface area contributed by atoms with Gasteiger partial charge in [-0.25, -0.2) is 9.67 Å². The van der Waals surface area contributed by atoms with E-state index in [4.69, 9.17) is 0 Å². The quantitative estimate of drug-likeness (QED) is 0.797. The first-order valence-electron chi connectivity index (χ1n) is 4.78. The zero-order valence-corrected chi connectivity index (χ0v) is 9.90. The van der Waals surface area contributed by atoms with Crippen LogP contribution in [0.4, 0.5) is 5.82 Å². The number of aryl methyl sites for hydroxylation is 1. The third-order valence-electron chi connectivity index (χ3n) is 1.99. The van der Waals surface area contributed by atoms with Crippen molar-refractivity contribution in [2.24, 2.45) is 7.05 Å². The average molecular weight is 236 g/mol. The number of tetrazole rings is 1. The van der Waals surface area contributed by atoms with Crippen LogP contribution in [-0.4, -0.2) is 32.2 Å². The SMILES string of the molecule is CNc1cccc(CSc2nnnn2C)n1. The van der Waals surface area contributed by atoms with Crippen molar-refractivity contribution in [3.63, 3.8) is 0 Å². The Kier molecular flexibility index (Phi) is 3.35. The molecule has 0 radical (unpaired) electrons. The van der Waals surface area contributed by atoms with Crippen molar-refractivity contribution in [2.75, 3.05) is 12.4 Å². The van der Waals surface area contributed by atoms with Gasteiger partial charge in [0.1, 0.15) is 5.82 Å². The fourth-order valence-corrected chi connectivity index (χ4v) is 1.94. The summed E-state index contributed by atoms with van der Waals surface area (Å²) in [6.45, 7) is 0. The fourth-order valence-electron chi connectivity index (χ4n) is 1.18. The van der Waals surface area contributed by atoms with Crippen molar-refractivity contribution in [3.05, 3.63) is 23.9 Å². The van der Waals surface area contributed by atoms with Crippen LogP contribution in [-0.2, 0) is 12.8 Å². The Hall–Kier alpha value is -1.63. The van der Waals surface area contributed by atoms with E-state index < -0.39 is 0 Å². The molecule has 0 atom stereocenters. The molecule has 0 aliphatic heterocycles. The molecule has 0 fully saturated rings. The molecule has 6 nitrogen and oxygen atoms in total. The van der Waals surface area contributed by atoms with Gasteiger partial charge in [0, 0.05) is 19.8 Å². The maximum Gasteiger partial charge on any atom is 0.209 e. The van der Waals surface area contributed by atoms with Crippen LogP contribution in [0.3, 0.4) is 0 Å². The molecule has 0 aromatic carbocycles. The molecule has 0 unspecified atom stereocenters. The van der Waals surface area contributed by atoms with Gasteiger partial charge >= 0.3 is 0 Å². The van der Waals surface area contributed by atoms with Crippen LogP contribution in [0.25, 0.3) is 0 Å². The number of rotatable bonds is 4. The molecule has 7 heteroatoms. The molecule has 0 amide bonds. The molecule has 1 N–H and O–H groups in total. The van der Waals surface area contributed by atoms with E-state index >= 15 is 0 Å². The molecule has 0 aliphatic carbocycles. The van der Waals surface area contributed by atoms with Gasteiger partial charge in [-0.15, -0.1) is 5.10 Å². The molecule has 2 aromatic rings. The molecule has 0 spiro atoms. The second-order valence-electron chi connectivity index (χ2n) is 3.14. The molecule has 16 heavy (non-hydrogen) atoms. The minimum Gasteiger partial charge on any atom is -0.373 e. The number of hydrogen-bond acceptors (Lipinski definition) is 6. The second-order valence-corrected chi connectivity index (χ2v) is 4.08. The van der Waals surface area contributed by atoms with Crippen molar-refractivity contribution in [3.8, 4) is 0 Å². The Bertz CT molecular complexity index is 469. The highest BCUT2D eigenvalue weighted by Gasteiger charge is 2.04. The lowest BCUT2D eigenvalue weighted by Gasteiger charge is -2.02. The maximum atomic E-state index is 4.41. The lowest BCUT2D eigenvalue weighted by Crippen LogP contribution is -1.96. The largest absolute Gasteiger partial charge is 0.373 e. The van der Waals surface area contributed by atoms with E-state index in [0.717, 1.165) is 22.4 Å². The third kappa shape index (κ3) is 2.48. The van der Waals surface area contributed by atoms with Gasteiger partial charge in [-0.3, -0.25) is 0 Å². The topological polar surface area (TPSA) is 68.5 Å². The van der Waals surface area contributed by atoms with Crippen LogP contribution in [0.5, 0.6) is 0 Å². The molecule has 2 rings (SSSR count). The molecule has 0 aliphatic rings. The molecular formula is C9H12N6S. The van der Waals surface area contributed by atoms with Crippen molar-refractivity contribution in [1.29, 1.82) is 0 Å². The molecule has 2 aromatic heterocycles. The van der Waals surface area contributed by atoms with Gasteiger partial charge in [0.25, 0.3) is 0 Å². The summed E-state index contributed by atoms with van der Waals surface area (Å²) in [5, 5.41) is 15.0. The molecule has 0 saturated carbocycles. The molecule has 84 valence electrons. The molecular weight excluding hydrogens is 224 g/mol. The minimum atomic E-state index is 0.754. The first-order valence-corrected chi connectivity index (χ1v) is 5.77. The smallest absolute Gasteiger partial charge is 0.209 e. The summed E-state index contributed by atoms with van der Waals surface area (Å²) >= 11 is 1.56. The average Bonchev–Trinajstić information content (AvgIpc) is 2.72. The van der Waals surface area contributed by atoms with Crippen LogP contribution in [0.2, 0.25) is 0 Å². The lowest BCUT2D eigenvalue weighted by molar-refractivity contribution is 0.664. The monoisotopic (exact) mass is 236 g/mol. The molecule has 0 saturated heterocycles. The number of anilines is 1. The number of aromatic nitrogens is 5. The van der Waals surface area contributed by atoms with E-state index in [9.17, 15) is 0 Å². The van der Waals surface area contributed by atoms with Crippen molar-refractivity contribution in [1.82, 2.24) is 25.2 Å². The highest BCUT2D eigenvalue weighted by Crippen LogP contribution is 2.18. The summed E-state index contributed by atoms with van der Waals surface area (Å²) in [6.07, 6.45) is 0. The Morgan fingerprint density at radius 2 is 2.31 bits per heavy atom. The van der Waals surface area contributed by atoms with Gasteiger partial charge in [-0.1, -0.05) is 17.8 Å². The summed E-state index contributed by atoms with van der Waals surface area (Å²) in [5.74, 6) is 1.62. The summed E-state index contributed by atoms with van der Waals surface area (Å²) < 4.78 is 1.65. The summed E-state index contributed by atoms with van der Waals surface area (Å²) in [4.78, 5) is 4.41.